The van der Waals surface area contributed by atoms with Crippen molar-refractivity contribution in [3.63, 3.8) is 0 Å². The molecule has 3 N–H and O–H groups in total. The van der Waals surface area contributed by atoms with Gasteiger partial charge in [-0.05, 0) is 12.8 Å². The van der Waals surface area contributed by atoms with Crippen molar-refractivity contribution >= 4 is 11.9 Å². The van der Waals surface area contributed by atoms with Gasteiger partial charge in [-0.3, -0.25) is 9.59 Å². The molecule has 1 saturated carbocycles. The zero-order valence-corrected chi connectivity index (χ0v) is 9.37. The maximum atomic E-state index is 11.2. The van der Waals surface area contributed by atoms with E-state index >= 15 is 0 Å². The van der Waals surface area contributed by atoms with Gasteiger partial charge < -0.3 is 15.5 Å². The fourth-order valence-electron chi connectivity index (χ4n) is 2.18. The third-order valence-corrected chi connectivity index (χ3v) is 3.22. The first-order valence-electron chi connectivity index (χ1n) is 5.67. The van der Waals surface area contributed by atoms with Crippen molar-refractivity contribution in [1.29, 1.82) is 0 Å². The van der Waals surface area contributed by atoms with Gasteiger partial charge in [0.05, 0.1) is 6.61 Å². The predicted octanol–water partition coefficient (Wildman–Crippen LogP) is 0.520. The Hall–Kier alpha value is -1.10. The minimum Gasteiger partial charge on any atom is -0.481 e. The molecule has 1 rings (SSSR count). The molecule has 92 valence electrons. The average Bonchev–Trinajstić information content (AvgIpc) is 2.27. The number of aliphatic carboxylic acids is 1. The van der Waals surface area contributed by atoms with Crippen molar-refractivity contribution < 1.29 is 19.8 Å². The van der Waals surface area contributed by atoms with Gasteiger partial charge >= 0.3 is 5.97 Å². The Kier molecular flexibility index (Phi) is 4.73. The van der Waals surface area contributed by atoms with Crippen LogP contribution in [0.15, 0.2) is 0 Å². The molecule has 0 saturated heterocycles. The minimum atomic E-state index is -1.13. The van der Waals surface area contributed by atoms with E-state index in [1.54, 1.807) is 0 Å². The molecule has 0 aromatic rings. The molecule has 1 amide bonds. The molecule has 0 aliphatic heterocycles. The van der Waals surface area contributed by atoms with Gasteiger partial charge in [-0.15, -0.1) is 0 Å². The largest absolute Gasteiger partial charge is 0.481 e. The first-order valence-corrected chi connectivity index (χ1v) is 5.67. The lowest BCUT2D eigenvalue weighted by atomic mass is 9.74. The molecule has 0 heterocycles. The molecule has 0 aromatic heterocycles. The van der Waals surface area contributed by atoms with Crippen LogP contribution < -0.4 is 5.32 Å². The molecule has 5 nitrogen and oxygen atoms in total. The number of aliphatic hydroxyl groups is 1. The molecule has 0 unspecified atom stereocenters. The maximum absolute atomic E-state index is 11.2. The quantitative estimate of drug-likeness (QED) is 0.600. The van der Waals surface area contributed by atoms with Crippen LogP contribution in [0.5, 0.6) is 0 Å². The van der Waals surface area contributed by atoms with Crippen molar-refractivity contribution in [1.82, 2.24) is 5.32 Å². The van der Waals surface area contributed by atoms with Gasteiger partial charge in [0.2, 0.25) is 5.91 Å². The van der Waals surface area contributed by atoms with E-state index in [4.69, 9.17) is 5.11 Å². The van der Waals surface area contributed by atoms with Crippen LogP contribution in [0.1, 0.15) is 38.5 Å². The number of amides is 1. The average molecular weight is 229 g/mol. The smallest absolute Gasteiger partial charge is 0.312 e. The van der Waals surface area contributed by atoms with E-state index in [9.17, 15) is 14.7 Å². The Labute approximate surface area is 94.8 Å². The monoisotopic (exact) mass is 229 g/mol. The zero-order chi connectivity index (χ0) is 12.0. The van der Waals surface area contributed by atoms with E-state index in [0.29, 0.717) is 6.54 Å². The number of rotatable bonds is 5. The summed E-state index contributed by atoms with van der Waals surface area (Å²) in [4.78, 5) is 21.5. The van der Waals surface area contributed by atoms with Crippen molar-refractivity contribution in [2.75, 3.05) is 13.2 Å². The van der Waals surface area contributed by atoms with Gasteiger partial charge in [-0.1, -0.05) is 19.3 Å². The summed E-state index contributed by atoms with van der Waals surface area (Å²) in [6.07, 6.45) is 4.60. The molecule has 16 heavy (non-hydrogen) atoms. The molecule has 1 aliphatic rings. The molecule has 1 fully saturated rings. The van der Waals surface area contributed by atoms with Crippen molar-refractivity contribution in [2.24, 2.45) is 5.41 Å². The van der Waals surface area contributed by atoms with E-state index in [1.807, 2.05) is 0 Å². The minimum absolute atomic E-state index is 0.0559. The van der Waals surface area contributed by atoms with Crippen LogP contribution in [0.25, 0.3) is 0 Å². The first-order chi connectivity index (χ1) is 7.58. The molecule has 0 radical (unpaired) electrons. The van der Waals surface area contributed by atoms with Gasteiger partial charge in [0, 0.05) is 12.0 Å². The first kappa shape index (κ1) is 13.0. The summed E-state index contributed by atoms with van der Waals surface area (Å²) in [6.45, 7) is 0.440. The van der Waals surface area contributed by atoms with E-state index in [1.165, 1.54) is 6.42 Å². The van der Waals surface area contributed by atoms with Gasteiger partial charge in [-0.25, -0.2) is 0 Å². The lowest BCUT2D eigenvalue weighted by molar-refractivity contribution is -0.140. The molecule has 0 spiro atoms. The van der Waals surface area contributed by atoms with Gasteiger partial charge in [0.25, 0.3) is 0 Å². The van der Waals surface area contributed by atoms with Crippen LogP contribution in [-0.4, -0.2) is 35.2 Å². The Bertz CT molecular complexity index is 259. The third-order valence-electron chi connectivity index (χ3n) is 3.22. The predicted molar refractivity (Wildman–Crippen MR) is 57.9 cm³/mol. The maximum Gasteiger partial charge on any atom is 0.312 e. The fourth-order valence-corrected chi connectivity index (χ4v) is 2.18. The number of carboxylic acids is 1. The molecule has 0 atom stereocenters. The van der Waals surface area contributed by atoms with E-state index in [0.717, 1.165) is 25.7 Å². The second kappa shape index (κ2) is 5.84. The summed E-state index contributed by atoms with van der Waals surface area (Å²) in [7, 11) is 0. The number of hydrogen-bond acceptors (Lipinski definition) is 3. The highest BCUT2D eigenvalue weighted by molar-refractivity contribution is 5.93. The summed E-state index contributed by atoms with van der Waals surface area (Å²) in [6, 6.07) is 0. The highest BCUT2D eigenvalue weighted by Crippen LogP contribution is 2.35. The Morgan fingerprint density at radius 2 is 1.81 bits per heavy atom. The standard InChI is InChI=1S/C11H19NO4/c13-8-11(4-2-1-3-5-11)7-12-9(14)6-10(15)16/h13H,1-8H2,(H,12,14)(H,15,16). The Morgan fingerprint density at radius 1 is 1.19 bits per heavy atom. The molecular formula is C11H19NO4. The summed E-state index contributed by atoms with van der Waals surface area (Å²) in [5.74, 6) is -1.61. The molecular weight excluding hydrogens is 210 g/mol. The number of carboxylic acid groups (broad SMARTS) is 1. The number of hydrogen-bond donors (Lipinski definition) is 3. The third kappa shape index (κ3) is 3.81. The van der Waals surface area contributed by atoms with Gasteiger partial charge in [0.1, 0.15) is 6.42 Å². The van der Waals surface area contributed by atoms with E-state index in [2.05, 4.69) is 5.32 Å². The van der Waals surface area contributed by atoms with Crippen LogP contribution in [0, 0.1) is 5.41 Å². The van der Waals surface area contributed by atoms with Gasteiger partial charge in [-0.2, -0.15) is 0 Å². The van der Waals surface area contributed by atoms with Gasteiger partial charge in [0.15, 0.2) is 0 Å². The van der Waals surface area contributed by atoms with E-state index in [-0.39, 0.29) is 12.0 Å². The topological polar surface area (TPSA) is 86.6 Å². The normalized spacial score (nSPS) is 19.1. The summed E-state index contributed by atoms with van der Waals surface area (Å²) in [5, 5.41) is 20.4. The molecule has 5 heteroatoms. The molecule has 0 bridgehead atoms. The second-order valence-corrected chi connectivity index (χ2v) is 4.57. The fraction of sp³-hybridized carbons (Fsp3) is 0.818. The molecule has 0 aromatic carbocycles. The lowest BCUT2D eigenvalue weighted by Crippen LogP contribution is -2.41. The van der Waals surface area contributed by atoms with E-state index < -0.39 is 18.3 Å². The SMILES string of the molecule is O=C(O)CC(=O)NCC1(CO)CCCCC1. The van der Waals surface area contributed by atoms with Crippen molar-refractivity contribution in [3.8, 4) is 0 Å². The highest BCUT2D eigenvalue weighted by atomic mass is 16.4. The van der Waals surface area contributed by atoms with Crippen LogP contribution in [-0.2, 0) is 9.59 Å². The number of aliphatic hydroxyl groups excluding tert-OH is 1. The lowest BCUT2D eigenvalue weighted by Gasteiger charge is -2.35. The van der Waals surface area contributed by atoms with Crippen molar-refractivity contribution in [2.45, 2.75) is 38.5 Å². The summed E-state index contributed by atoms with van der Waals surface area (Å²) >= 11 is 0. The zero-order valence-electron chi connectivity index (χ0n) is 9.37. The van der Waals surface area contributed by atoms with Crippen LogP contribution in [0.2, 0.25) is 0 Å². The summed E-state index contributed by atoms with van der Waals surface area (Å²) < 4.78 is 0. The molecule has 1 aliphatic carbocycles. The van der Waals surface area contributed by atoms with Crippen LogP contribution in [0.4, 0.5) is 0 Å². The van der Waals surface area contributed by atoms with Crippen LogP contribution >= 0.6 is 0 Å². The number of carbonyl (C=O) groups is 2. The Morgan fingerprint density at radius 3 is 2.31 bits per heavy atom. The Balaban J connectivity index is 2.38. The summed E-state index contributed by atoms with van der Waals surface area (Å²) in [5.41, 5.74) is -0.230. The van der Waals surface area contributed by atoms with Crippen LogP contribution in [0.3, 0.4) is 0 Å². The second-order valence-electron chi connectivity index (χ2n) is 4.57. The highest BCUT2D eigenvalue weighted by Gasteiger charge is 2.31. The van der Waals surface area contributed by atoms with Crippen molar-refractivity contribution in [3.05, 3.63) is 0 Å². The number of carbonyl (C=O) groups excluding carboxylic acids is 1. The number of nitrogens with one attached hydrogen (secondary N) is 1.